The highest BCUT2D eigenvalue weighted by molar-refractivity contribution is 7.90. The molecule has 6 rings (SSSR count). The Morgan fingerprint density at radius 1 is 0.634 bits per heavy atom. The number of terminal acetylenes is 3. The summed E-state index contributed by atoms with van der Waals surface area (Å²) in [7, 11) is -5.27. The fourth-order valence-corrected chi connectivity index (χ4v) is 11.4. The Morgan fingerprint density at radius 2 is 1.00 bits per heavy atom. The van der Waals surface area contributed by atoms with Crippen molar-refractivity contribution in [1.29, 1.82) is 0 Å². The van der Waals surface area contributed by atoms with Gasteiger partial charge in [-0.3, -0.25) is 52.5 Å². The van der Waals surface area contributed by atoms with Crippen LogP contribution in [0.5, 0.6) is 0 Å². The zero-order valence-corrected chi connectivity index (χ0v) is 45.1. The number of pyridine rings is 3. The summed E-state index contributed by atoms with van der Waals surface area (Å²) in [6, 6.07) is 11.2. The number of amides is 3. The maximum Gasteiger partial charge on any atom is 0.232 e. The van der Waals surface area contributed by atoms with Crippen LogP contribution in [0.15, 0.2) is 73.6 Å². The second kappa shape index (κ2) is 27.9. The van der Waals surface area contributed by atoms with Crippen molar-refractivity contribution in [2.45, 2.75) is 40.5 Å². The summed E-state index contributed by atoms with van der Waals surface area (Å²) < 4.78 is 45.2. The van der Waals surface area contributed by atoms with Crippen LogP contribution in [0.1, 0.15) is 36.8 Å². The number of carbonyl (C=O) groups is 3. The van der Waals surface area contributed by atoms with E-state index in [9.17, 15) is 31.2 Å². The molecule has 3 atom stereocenters. The van der Waals surface area contributed by atoms with Crippen molar-refractivity contribution >= 4 is 98.2 Å². The Morgan fingerprint density at radius 3 is 1.32 bits per heavy atom. The maximum atomic E-state index is 12.7. The van der Waals surface area contributed by atoms with Crippen LogP contribution >= 0.6 is 34.0 Å². The molecule has 0 radical (unpaired) electrons. The SMILES string of the molecule is C#CCN(C(=O)C(C)CS(C)=O)c1sc(-c2cccnc2)nc1C.C#CCN(C(=O)CCS(C)(=O)=O)c1sc(-c2cccnc2)nc1C.C#CCN(C(=O)CCS(C)=O)c1sc(-c2cccnc2)nc1C. The van der Waals surface area contributed by atoms with Gasteiger partial charge in [-0.25, -0.2) is 23.4 Å². The van der Waals surface area contributed by atoms with Crippen LogP contribution in [-0.2, 0) is 45.8 Å². The van der Waals surface area contributed by atoms with Crippen molar-refractivity contribution in [3.8, 4) is 68.7 Å². The molecule has 0 aromatic carbocycles. The maximum absolute atomic E-state index is 12.7. The smallest absolute Gasteiger partial charge is 0.232 e. The molecule has 0 bridgehead atoms. The number of nitrogens with zero attached hydrogens (tertiary/aromatic N) is 9. The number of carbonyl (C=O) groups excluding carboxylic acids is 3. The van der Waals surface area contributed by atoms with Gasteiger partial charge < -0.3 is 0 Å². The van der Waals surface area contributed by atoms with Gasteiger partial charge in [-0.15, -0.1) is 19.3 Å². The van der Waals surface area contributed by atoms with Crippen LogP contribution in [0, 0.1) is 63.7 Å². The van der Waals surface area contributed by atoms with E-state index >= 15 is 0 Å². The third-order valence-electron chi connectivity index (χ3n) is 9.59. The number of hydrogen-bond acceptors (Lipinski definition) is 16. The average Bonchev–Trinajstić information content (AvgIpc) is 4.06. The lowest BCUT2D eigenvalue weighted by Crippen LogP contribution is -2.37. The second-order valence-corrected chi connectivity index (χ2v) is 23.7. The van der Waals surface area contributed by atoms with Gasteiger partial charge >= 0.3 is 0 Å². The number of aryl methyl sites for hydroxylation is 3. The Labute approximate surface area is 432 Å². The van der Waals surface area contributed by atoms with Gasteiger partial charge in [-0.2, -0.15) is 0 Å². The molecule has 0 aliphatic carbocycles. The highest BCUT2D eigenvalue weighted by atomic mass is 32.2. The summed E-state index contributed by atoms with van der Waals surface area (Å²) >= 11 is 4.14. The van der Waals surface area contributed by atoms with Gasteiger partial charge in [-0.1, -0.05) is 58.7 Å². The predicted octanol–water partition coefficient (Wildman–Crippen LogP) is 6.66. The summed E-state index contributed by atoms with van der Waals surface area (Å²) in [5.74, 6) is 6.94. The van der Waals surface area contributed by atoms with E-state index in [1.54, 1.807) is 73.3 Å². The first-order valence-electron chi connectivity index (χ1n) is 21.4. The van der Waals surface area contributed by atoms with Gasteiger partial charge in [0, 0.05) is 125 Å². The van der Waals surface area contributed by atoms with Gasteiger partial charge in [0.15, 0.2) is 0 Å². The number of sulfone groups is 1. The van der Waals surface area contributed by atoms with E-state index in [0.717, 1.165) is 59.4 Å². The Kier molecular flexibility index (Phi) is 22.5. The molecule has 0 saturated carbocycles. The van der Waals surface area contributed by atoms with Crippen LogP contribution in [0.2, 0.25) is 0 Å². The van der Waals surface area contributed by atoms with Gasteiger partial charge in [0.2, 0.25) is 17.7 Å². The highest BCUT2D eigenvalue weighted by Gasteiger charge is 2.27. The van der Waals surface area contributed by atoms with E-state index in [4.69, 9.17) is 19.3 Å². The predicted molar refractivity (Wildman–Crippen MR) is 290 cm³/mol. The fourth-order valence-electron chi connectivity index (χ4n) is 6.29. The summed E-state index contributed by atoms with van der Waals surface area (Å²) in [5, 5.41) is 4.40. The first-order chi connectivity index (χ1) is 33.8. The van der Waals surface area contributed by atoms with E-state index in [1.807, 2.05) is 50.2 Å². The van der Waals surface area contributed by atoms with Crippen molar-refractivity contribution in [2.75, 3.05) is 70.4 Å². The fraction of sp³-hybridized carbons (Fsp3) is 0.327. The minimum atomic E-state index is -3.22. The zero-order valence-electron chi connectivity index (χ0n) is 40.2. The van der Waals surface area contributed by atoms with Crippen LogP contribution in [0.25, 0.3) is 31.7 Å². The first kappa shape index (κ1) is 57.3. The summed E-state index contributed by atoms with van der Waals surface area (Å²) in [6.07, 6.45) is 30.8. The van der Waals surface area contributed by atoms with E-state index in [-0.39, 0.29) is 61.9 Å². The average molecular weight is 1070 g/mol. The highest BCUT2D eigenvalue weighted by Crippen LogP contribution is 2.37. The lowest BCUT2D eigenvalue weighted by molar-refractivity contribution is -0.121. The molecule has 22 heteroatoms. The molecule has 6 aromatic rings. The first-order valence-corrected chi connectivity index (χ1v) is 29.4. The van der Waals surface area contributed by atoms with Crippen LogP contribution in [-0.4, -0.2) is 120 Å². The minimum absolute atomic E-state index is 0.0676. The summed E-state index contributed by atoms with van der Waals surface area (Å²) in [4.78, 5) is 67.8. The zero-order chi connectivity index (χ0) is 52.3. The Bertz CT molecular complexity index is 3050. The van der Waals surface area contributed by atoms with Crippen molar-refractivity contribution < 1.29 is 31.2 Å². The molecule has 6 heterocycles. The quantitative estimate of drug-likeness (QED) is 0.0827. The molecule has 0 saturated heterocycles. The van der Waals surface area contributed by atoms with E-state index in [0.29, 0.717) is 22.2 Å². The van der Waals surface area contributed by atoms with Crippen molar-refractivity contribution in [3.63, 3.8) is 0 Å². The molecule has 372 valence electrons. The molecular formula is C49H53N9O7S6. The number of anilines is 3. The molecule has 71 heavy (non-hydrogen) atoms. The largest absolute Gasteiger partial charge is 0.290 e. The Hall–Kier alpha value is -6.32. The molecule has 0 aliphatic rings. The second-order valence-electron chi connectivity index (χ2n) is 15.5. The molecule has 0 aliphatic heterocycles. The van der Waals surface area contributed by atoms with Crippen LogP contribution in [0.3, 0.4) is 0 Å². The van der Waals surface area contributed by atoms with E-state index < -0.39 is 31.4 Å². The van der Waals surface area contributed by atoms with E-state index in [1.165, 1.54) is 38.9 Å². The molecule has 0 fully saturated rings. The number of aromatic nitrogens is 6. The normalized spacial score (nSPS) is 11.9. The number of thiazole rings is 3. The van der Waals surface area contributed by atoms with E-state index in [2.05, 4.69) is 47.7 Å². The molecule has 16 nitrogen and oxygen atoms in total. The summed E-state index contributed by atoms with van der Waals surface area (Å²) in [6.45, 7) is 7.66. The topological polar surface area (TPSA) is 207 Å². The molecule has 0 spiro atoms. The van der Waals surface area contributed by atoms with Crippen molar-refractivity contribution in [2.24, 2.45) is 5.92 Å². The molecule has 6 aromatic heterocycles. The summed E-state index contributed by atoms with van der Waals surface area (Å²) in [5.41, 5.74) is 4.80. The van der Waals surface area contributed by atoms with Gasteiger partial charge in [0.1, 0.15) is 39.9 Å². The number of rotatable bonds is 18. The number of hydrogen-bond donors (Lipinski definition) is 0. The lowest BCUT2D eigenvalue weighted by Gasteiger charge is -2.22. The van der Waals surface area contributed by atoms with Crippen molar-refractivity contribution in [3.05, 3.63) is 90.7 Å². The molecular weight excluding hydrogens is 1020 g/mol. The Balaban J connectivity index is 0.000000231. The van der Waals surface area contributed by atoms with Gasteiger partial charge in [0.05, 0.1) is 42.5 Å². The van der Waals surface area contributed by atoms with Gasteiger partial charge in [-0.05, 0) is 57.2 Å². The van der Waals surface area contributed by atoms with Crippen LogP contribution in [0.4, 0.5) is 15.0 Å². The van der Waals surface area contributed by atoms with Crippen molar-refractivity contribution in [1.82, 2.24) is 29.9 Å². The third kappa shape index (κ3) is 17.5. The standard InChI is InChI=1S/C17H19N3O2S2.C16H17N3O3S2.C16H17N3O2S2/c1-5-9-20(16(21)12(2)11-24(4)22)17-13(3)19-15(23-17)14-7-6-8-18-10-14;1-4-9-19(14(20)7-10-24(3,21)22)16-12(2)18-15(23-16)13-6-5-8-17-11-13;1-4-9-19(14(20)7-10-23(3)21)16-12(2)18-15(22-16)13-6-5-8-17-11-13/h1,6-8,10,12H,9,11H2,2-4H3;1,5-6,8,11H,7,9-10H2,2-3H3;1,5-6,8,11H,7,9-10H2,2-3H3. The van der Waals surface area contributed by atoms with Gasteiger partial charge in [0.25, 0.3) is 0 Å². The third-order valence-corrected chi connectivity index (χ3v) is 16.0. The molecule has 3 unspecified atom stereocenters. The van der Waals surface area contributed by atoms with Crippen LogP contribution < -0.4 is 14.7 Å². The lowest BCUT2D eigenvalue weighted by atomic mass is 10.2. The monoisotopic (exact) mass is 1070 g/mol. The molecule has 3 amide bonds. The minimum Gasteiger partial charge on any atom is -0.290 e. The molecule has 0 N–H and O–H groups in total.